The van der Waals surface area contributed by atoms with Crippen LogP contribution in [0.25, 0.3) is 0 Å². The number of anilines is 1. The van der Waals surface area contributed by atoms with Crippen LogP contribution in [-0.2, 0) is 0 Å². The number of ether oxygens (including phenoxy) is 3. The van der Waals surface area contributed by atoms with Gasteiger partial charge >= 0.3 is 0 Å². The summed E-state index contributed by atoms with van der Waals surface area (Å²) in [6.45, 7) is 2.08. The van der Waals surface area contributed by atoms with Gasteiger partial charge in [-0.25, -0.2) is 0 Å². The molecule has 4 nitrogen and oxygen atoms in total. The summed E-state index contributed by atoms with van der Waals surface area (Å²) in [5.41, 5.74) is 1.97. The smallest absolute Gasteiger partial charge is 0.142 e. The molecule has 0 aromatic heterocycles. The Bertz CT molecular complexity index is 598. The third-order valence-electron chi connectivity index (χ3n) is 3.38. The van der Waals surface area contributed by atoms with Crippen LogP contribution in [-0.4, -0.2) is 21.3 Å². The van der Waals surface area contributed by atoms with Crippen molar-refractivity contribution < 1.29 is 14.2 Å². The van der Waals surface area contributed by atoms with Gasteiger partial charge in [-0.2, -0.15) is 0 Å². The van der Waals surface area contributed by atoms with Gasteiger partial charge in [0.15, 0.2) is 0 Å². The summed E-state index contributed by atoms with van der Waals surface area (Å²) in [7, 11) is 4.98. The third-order valence-corrected chi connectivity index (χ3v) is 3.38. The molecule has 21 heavy (non-hydrogen) atoms. The van der Waals surface area contributed by atoms with Gasteiger partial charge in [-0.05, 0) is 25.1 Å². The summed E-state index contributed by atoms with van der Waals surface area (Å²) in [6.07, 6.45) is 0. The number of nitrogens with one attached hydrogen (secondary N) is 1. The molecular weight excluding hydrogens is 266 g/mol. The van der Waals surface area contributed by atoms with Crippen LogP contribution in [0, 0.1) is 0 Å². The maximum absolute atomic E-state index is 5.41. The minimum absolute atomic E-state index is 0.0714. The lowest BCUT2D eigenvalue weighted by atomic mass is 10.1. The Labute approximate surface area is 125 Å². The summed E-state index contributed by atoms with van der Waals surface area (Å²) in [4.78, 5) is 0. The van der Waals surface area contributed by atoms with Crippen molar-refractivity contribution in [2.75, 3.05) is 26.6 Å². The molecule has 0 amide bonds. The molecule has 1 atom stereocenters. The molecule has 0 spiro atoms. The van der Waals surface area contributed by atoms with Crippen molar-refractivity contribution in [2.24, 2.45) is 0 Å². The number of hydrogen-bond donors (Lipinski definition) is 1. The quantitative estimate of drug-likeness (QED) is 0.875. The molecule has 0 aliphatic heterocycles. The van der Waals surface area contributed by atoms with E-state index in [9.17, 15) is 0 Å². The summed E-state index contributed by atoms with van der Waals surface area (Å²) in [5, 5.41) is 3.44. The molecule has 0 aliphatic carbocycles. The first-order valence-electron chi connectivity index (χ1n) is 6.81. The number of hydrogen-bond acceptors (Lipinski definition) is 4. The van der Waals surface area contributed by atoms with Crippen molar-refractivity contribution >= 4 is 5.69 Å². The van der Waals surface area contributed by atoms with Crippen molar-refractivity contribution in [3.63, 3.8) is 0 Å². The maximum atomic E-state index is 5.41. The number of methoxy groups -OCH3 is 3. The van der Waals surface area contributed by atoms with Gasteiger partial charge in [0.25, 0.3) is 0 Å². The summed E-state index contributed by atoms with van der Waals surface area (Å²) in [5.74, 6) is 2.42. The van der Waals surface area contributed by atoms with E-state index < -0.39 is 0 Å². The second-order valence-corrected chi connectivity index (χ2v) is 4.67. The van der Waals surface area contributed by atoms with Crippen LogP contribution in [0.4, 0.5) is 5.69 Å². The molecule has 112 valence electrons. The van der Waals surface area contributed by atoms with Crippen molar-refractivity contribution in [1.29, 1.82) is 0 Å². The molecule has 2 aromatic rings. The molecule has 1 unspecified atom stereocenters. The first-order valence-corrected chi connectivity index (χ1v) is 6.81. The lowest BCUT2D eigenvalue weighted by Gasteiger charge is -2.20. The molecule has 0 fully saturated rings. The first-order chi connectivity index (χ1) is 10.2. The predicted octanol–water partition coefficient (Wildman–Crippen LogP) is 3.89. The SMILES string of the molecule is COc1ccc(OC)c(NC(C)c2ccccc2OC)c1. The lowest BCUT2D eigenvalue weighted by Crippen LogP contribution is -2.09. The topological polar surface area (TPSA) is 39.7 Å². The van der Waals surface area contributed by atoms with Crippen LogP contribution < -0.4 is 19.5 Å². The van der Waals surface area contributed by atoms with Gasteiger partial charge < -0.3 is 19.5 Å². The van der Waals surface area contributed by atoms with E-state index >= 15 is 0 Å². The van der Waals surface area contributed by atoms with Gasteiger partial charge in [-0.1, -0.05) is 18.2 Å². The average molecular weight is 287 g/mol. The Kier molecular flexibility index (Phi) is 4.93. The Morgan fingerprint density at radius 1 is 0.857 bits per heavy atom. The first kappa shape index (κ1) is 15.0. The fourth-order valence-corrected chi connectivity index (χ4v) is 2.26. The van der Waals surface area contributed by atoms with Crippen molar-refractivity contribution in [3.05, 3.63) is 48.0 Å². The highest BCUT2D eigenvalue weighted by molar-refractivity contribution is 5.61. The minimum Gasteiger partial charge on any atom is -0.497 e. The Balaban J connectivity index is 2.28. The van der Waals surface area contributed by atoms with E-state index in [0.29, 0.717) is 0 Å². The second kappa shape index (κ2) is 6.88. The minimum atomic E-state index is 0.0714. The molecule has 0 radical (unpaired) electrons. The monoisotopic (exact) mass is 287 g/mol. The van der Waals surface area contributed by atoms with Gasteiger partial charge in [0.1, 0.15) is 17.2 Å². The molecule has 0 aliphatic rings. The maximum Gasteiger partial charge on any atom is 0.142 e. The molecule has 2 aromatic carbocycles. The average Bonchev–Trinajstić information content (AvgIpc) is 2.54. The van der Waals surface area contributed by atoms with Crippen LogP contribution in [0.5, 0.6) is 17.2 Å². The van der Waals surface area contributed by atoms with E-state index in [1.165, 1.54) is 0 Å². The Hall–Kier alpha value is -2.36. The zero-order valence-electron chi connectivity index (χ0n) is 12.8. The van der Waals surface area contributed by atoms with Gasteiger partial charge in [0.05, 0.1) is 33.1 Å². The van der Waals surface area contributed by atoms with Crippen molar-refractivity contribution in [1.82, 2.24) is 0 Å². The molecule has 2 rings (SSSR count). The normalized spacial score (nSPS) is 11.6. The largest absolute Gasteiger partial charge is 0.497 e. The molecule has 0 heterocycles. The summed E-state index contributed by atoms with van der Waals surface area (Å²) in [6, 6.07) is 13.7. The zero-order chi connectivity index (χ0) is 15.2. The van der Waals surface area contributed by atoms with E-state index in [-0.39, 0.29) is 6.04 Å². The Morgan fingerprint density at radius 2 is 1.57 bits per heavy atom. The van der Waals surface area contributed by atoms with E-state index in [1.54, 1.807) is 21.3 Å². The van der Waals surface area contributed by atoms with Gasteiger partial charge in [0.2, 0.25) is 0 Å². The van der Waals surface area contributed by atoms with Crippen LogP contribution in [0.15, 0.2) is 42.5 Å². The number of benzene rings is 2. The molecule has 0 saturated carbocycles. The highest BCUT2D eigenvalue weighted by Gasteiger charge is 2.13. The van der Waals surface area contributed by atoms with Crippen LogP contribution in [0.3, 0.4) is 0 Å². The van der Waals surface area contributed by atoms with E-state index in [4.69, 9.17) is 14.2 Å². The summed E-state index contributed by atoms with van der Waals surface area (Å²) < 4.78 is 16.1. The van der Waals surface area contributed by atoms with Crippen molar-refractivity contribution in [2.45, 2.75) is 13.0 Å². The van der Waals surface area contributed by atoms with Crippen LogP contribution in [0.2, 0.25) is 0 Å². The number of rotatable bonds is 6. The second-order valence-electron chi connectivity index (χ2n) is 4.67. The van der Waals surface area contributed by atoms with Gasteiger partial charge in [-0.15, -0.1) is 0 Å². The molecule has 0 bridgehead atoms. The Morgan fingerprint density at radius 3 is 2.24 bits per heavy atom. The van der Waals surface area contributed by atoms with E-state index in [2.05, 4.69) is 12.2 Å². The molecule has 4 heteroatoms. The fraction of sp³-hybridized carbons (Fsp3) is 0.294. The summed E-state index contributed by atoms with van der Waals surface area (Å²) >= 11 is 0. The van der Waals surface area contributed by atoms with Gasteiger partial charge in [0, 0.05) is 11.6 Å². The van der Waals surface area contributed by atoms with E-state index in [1.807, 2.05) is 42.5 Å². The standard InChI is InChI=1S/C17H21NO3/c1-12(14-7-5-6-8-16(14)20-3)18-15-11-13(19-2)9-10-17(15)21-4/h5-12,18H,1-4H3. The fourth-order valence-electron chi connectivity index (χ4n) is 2.26. The zero-order valence-corrected chi connectivity index (χ0v) is 12.8. The van der Waals surface area contributed by atoms with E-state index in [0.717, 1.165) is 28.5 Å². The van der Waals surface area contributed by atoms with Gasteiger partial charge in [-0.3, -0.25) is 0 Å². The molecule has 0 saturated heterocycles. The number of para-hydroxylation sites is 1. The molecular formula is C17H21NO3. The highest BCUT2D eigenvalue weighted by Crippen LogP contribution is 2.33. The van der Waals surface area contributed by atoms with Crippen LogP contribution in [0.1, 0.15) is 18.5 Å². The lowest BCUT2D eigenvalue weighted by molar-refractivity contribution is 0.403. The highest BCUT2D eigenvalue weighted by atomic mass is 16.5. The molecule has 1 N–H and O–H groups in total. The van der Waals surface area contributed by atoms with Crippen molar-refractivity contribution in [3.8, 4) is 17.2 Å². The predicted molar refractivity (Wildman–Crippen MR) is 84.6 cm³/mol. The third kappa shape index (κ3) is 3.40. The van der Waals surface area contributed by atoms with Crippen LogP contribution >= 0.6 is 0 Å².